The zero-order chi connectivity index (χ0) is 14.3. The molecule has 3 heteroatoms. The van der Waals surface area contributed by atoms with E-state index in [0.29, 0.717) is 0 Å². The standard InChI is InChI=1S/C18H21NOS/c1-2-4-17(5-3-1)20-12-13-21-18-10-6-15(7-11-18)14-19-16-8-9-16/h1-7,10-11,16,19H,8-9,12-14H2. The van der Waals surface area contributed by atoms with Crippen LogP contribution in [0.5, 0.6) is 5.75 Å². The van der Waals surface area contributed by atoms with Gasteiger partial charge in [0.15, 0.2) is 0 Å². The molecule has 0 atom stereocenters. The highest BCUT2D eigenvalue weighted by Gasteiger charge is 2.19. The van der Waals surface area contributed by atoms with Gasteiger partial charge in [0.2, 0.25) is 0 Å². The molecule has 2 nitrogen and oxygen atoms in total. The van der Waals surface area contributed by atoms with Crippen LogP contribution in [0, 0.1) is 0 Å². The van der Waals surface area contributed by atoms with Gasteiger partial charge in [0.1, 0.15) is 5.75 Å². The summed E-state index contributed by atoms with van der Waals surface area (Å²) in [6, 6.07) is 19.6. The molecule has 2 aromatic carbocycles. The second kappa shape index (κ2) is 7.53. The van der Waals surface area contributed by atoms with Crippen molar-refractivity contribution < 1.29 is 4.74 Å². The molecule has 0 radical (unpaired) electrons. The molecule has 21 heavy (non-hydrogen) atoms. The normalized spacial score (nSPS) is 14.1. The van der Waals surface area contributed by atoms with Crippen LogP contribution >= 0.6 is 11.8 Å². The average Bonchev–Trinajstić information content (AvgIpc) is 3.36. The van der Waals surface area contributed by atoms with Crippen molar-refractivity contribution in [1.29, 1.82) is 0 Å². The van der Waals surface area contributed by atoms with Gasteiger partial charge in [0.05, 0.1) is 6.61 Å². The maximum atomic E-state index is 5.69. The van der Waals surface area contributed by atoms with Crippen LogP contribution in [0.2, 0.25) is 0 Å². The Hall–Kier alpha value is -1.45. The first-order valence-corrected chi connectivity index (χ1v) is 8.52. The van der Waals surface area contributed by atoms with Gasteiger partial charge in [-0.3, -0.25) is 0 Å². The lowest BCUT2D eigenvalue weighted by Gasteiger charge is -2.07. The molecule has 3 rings (SSSR count). The fraction of sp³-hybridized carbons (Fsp3) is 0.333. The number of para-hydroxylation sites is 1. The van der Waals surface area contributed by atoms with Gasteiger partial charge < -0.3 is 10.1 Å². The number of rotatable bonds is 8. The number of thioether (sulfide) groups is 1. The predicted molar refractivity (Wildman–Crippen MR) is 89.0 cm³/mol. The number of hydrogen-bond donors (Lipinski definition) is 1. The van der Waals surface area contributed by atoms with E-state index in [1.54, 1.807) is 0 Å². The van der Waals surface area contributed by atoms with E-state index >= 15 is 0 Å². The minimum absolute atomic E-state index is 0.736. The number of hydrogen-bond acceptors (Lipinski definition) is 3. The van der Waals surface area contributed by atoms with Crippen LogP contribution in [-0.2, 0) is 6.54 Å². The molecular formula is C18H21NOS. The van der Waals surface area contributed by atoms with Gasteiger partial charge >= 0.3 is 0 Å². The molecule has 0 spiro atoms. The van der Waals surface area contributed by atoms with Crippen molar-refractivity contribution >= 4 is 11.8 Å². The van der Waals surface area contributed by atoms with E-state index in [0.717, 1.165) is 30.7 Å². The highest BCUT2D eigenvalue weighted by Crippen LogP contribution is 2.21. The summed E-state index contributed by atoms with van der Waals surface area (Å²) < 4.78 is 5.69. The fourth-order valence-electron chi connectivity index (χ4n) is 2.09. The summed E-state index contributed by atoms with van der Waals surface area (Å²) in [5, 5.41) is 3.54. The van der Waals surface area contributed by atoms with Crippen molar-refractivity contribution in [3.05, 3.63) is 60.2 Å². The highest BCUT2D eigenvalue weighted by atomic mass is 32.2. The first-order valence-electron chi connectivity index (χ1n) is 7.53. The Morgan fingerprint density at radius 2 is 1.76 bits per heavy atom. The van der Waals surface area contributed by atoms with E-state index in [1.807, 2.05) is 42.1 Å². The molecule has 0 aliphatic heterocycles. The molecule has 0 saturated heterocycles. The lowest BCUT2D eigenvalue weighted by atomic mass is 10.2. The van der Waals surface area contributed by atoms with Crippen molar-refractivity contribution in [3.8, 4) is 5.75 Å². The summed E-state index contributed by atoms with van der Waals surface area (Å²) in [7, 11) is 0. The van der Waals surface area contributed by atoms with E-state index in [2.05, 4.69) is 29.6 Å². The highest BCUT2D eigenvalue weighted by molar-refractivity contribution is 7.99. The molecule has 2 aromatic rings. The molecule has 1 saturated carbocycles. The third-order valence-electron chi connectivity index (χ3n) is 3.46. The number of ether oxygens (including phenoxy) is 1. The average molecular weight is 299 g/mol. The summed E-state index contributed by atoms with van der Waals surface area (Å²) in [6.07, 6.45) is 2.69. The molecule has 110 valence electrons. The molecule has 1 aliphatic rings. The Bertz CT molecular complexity index is 537. The smallest absolute Gasteiger partial charge is 0.119 e. The van der Waals surface area contributed by atoms with Gasteiger partial charge in [-0.1, -0.05) is 30.3 Å². The minimum Gasteiger partial charge on any atom is -0.493 e. The molecule has 0 heterocycles. The third-order valence-corrected chi connectivity index (χ3v) is 4.44. The van der Waals surface area contributed by atoms with Gasteiger partial charge in [0.25, 0.3) is 0 Å². The van der Waals surface area contributed by atoms with Gasteiger partial charge in [-0.15, -0.1) is 11.8 Å². The first kappa shape index (κ1) is 14.5. The lowest BCUT2D eigenvalue weighted by Crippen LogP contribution is -2.14. The van der Waals surface area contributed by atoms with E-state index in [9.17, 15) is 0 Å². The molecule has 1 fully saturated rings. The van der Waals surface area contributed by atoms with Crippen LogP contribution in [0.25, 0.3) is 0 Å². The maximum absolute atomic E-state index is 5.69. The summed E-state index contributed by atoms with van der Waals surface area (Å²) >= 11 is 1.84. The molecule has 0 aromatic heterocycles. The zero-order valence-electron chi connectivity index (χ0n) is 12.1. The van der Waals surface area contributed by atoms with Crippen molar-refractivity contribution in [2.24, 2.45) is 0 Å². The molecule has 1 N–H and O–H groups in total. The van der Waals surface area contributed by atoms with E-state index in [-0.39, 0.29) is 0 Å². The Kier molecular flexibility index (Phi) is 5.19. The summed E-state index contributed by atoms with van der Waals surface area (Å²) in [5.74, 6) is 1.91. The summed E-state index contributed by atoms with van der Waals surface area (Å²) in [6.45, 7) is 1.73. The number of nitrogens with one attached hydrogen (secondary N) is 1. The summed E-state index contributed by atoms with van der Waals surface area (Å²) in [5.41, 5.74) is 1.37. The lowest BCUT2D eigenvalue weighted by molar-refractivity contribution is 0.344. The monoisotopic (exact) mass is 299 g/mol. The fourth-order valence-corrected chi connectivity index (χ4v) is 2.82. The topological polar surface area (TPSA) is 21.3 Å². The van der Waals surface area contributed by atoms with Crippen molar-refractivity contribution in [2.75, 3.05) is 12.4 Å². The molecular weight excluding hydrogens is 278 g/mol. The molecule has 0 unspecified atom stereocenters. The van der Waals surface area contributed by atoms with E-state index in [1.165, 1.54) is 23.3 Å². The molecule has 0 bridgehead atoms. The SMILES string of the molecule is c1ccc(OCCSc2ccc(CNC3CC3)cc2)cc1. The van der Waals surface area contributed by atoms with Crippen molar-refractivity contribution in [1.82, 2.24) is 5.32 Å². The second-order valence-electron chi connectivity index (χ2n) is 5.31. The van der Waals surface area contributed by atoms with Gasteiger partial charge in [-0.05, 0) is 42.7 Å². The third kappa shape index (κ3) is 5.10. The van der Waals surface area contributed by atoms with Gasteiger partial charge in [-0.2, -0.15) is 0 Å². The first-order chi connectivity index (χ1) is 10.4. The van der Waals surface area contributed by atoms with Crippen LogP contribution in [0.1, 0.15) is 18.4 Å². The van der Waals surface area contributed by atoms with Gasteiger partial charge in [-0.25, -0.2) is 0 Å². The molecule has 1 aliphatic carbocycles. The van der Waals surface area contributed by atoms with Crippen LogP contribution in [-0.4, -0.2) is 18.4 Å². The Morgan fingerprint density at radius 3 is 2.48 bits per heavy atom. The quantitative estimate of drug-likeness (QED) is 0.585. The second-order valence-corrected chi connectivity index (χ2v) is 6.48. The van der Waals surface area contributed by atoms with Crippen molar-refractivity contribution in [3.63, 3.8) is 0 Å². The van der Waals surface area contributed by atoms with E-state index < -0.39 is 0 Å². The van der Waals surface area contributed by atoms with Crippen LogP contribution < -0.4 is 10.1 Å². The zero-order valence-corrected chi connectivity index (χ0v) is 12.9. The predicted octanol–water partition coefficient (Wildman–Crippen LogP) is 4.11. The number of benzene rings is 2. The molecule has 0 amide bonds. The summed E-state index contributed by atoms with van der Waals surface area (Å²) in [4.78, 5) is 1.31. The Labute approximate surface area is 130 Å². The van der Waals surface area contributed by atoms with E-state index in [4.69, 9.17) is 4.74 Å². The minimum atomic E-state index is 0.736. The van der Waals surface area contributed by atoms with Crippen LogP contribution in [0.15, 0.2) is 59.5 Å². The maximum Gasteiger partial charge on any atom is 0.119 e. The van der Waals surface area contributed by atoms with Crippen LogP contribution in [0.3, 0.4) is 0 Å². The van der Waals surface area contributed by atoms with Crippen LogP contribution in [0.4, 0.5) is 0 Å². The Morgan fingerprint density at radius 1 is 1.00 bits per heavy atom. The Balaban J connectivity index is 1.36. The van der Waals surface area contributed by atoms with Crippen molar-refractivity contribution in [2.45, 2.75) is 30.3 Å². The van der Waals surface area contributed by atoms with Gasteiger partial charge in [0, 0.05) is 23.2 Å². The largest absolute Gasteiger partial charge is 0.493 e.